The number of aromatic nitrogens is 4. The second kappa shape index (κ2) is 6.51. The van der Waals surface area contributed by atoms with Crippen LogP contribution in [0.4, 0.5) is 0 Å². The molecule has 106 valence electrons. The van der Waals surface area contributed by atoms with Crippen molar-refractivity contribution >= 4 is 17.7 Å². The van der Waals surface area contributed by atoms with Crippen LogP contribution in [0.3, 0.4) is 0 Å². The third-order valence-electron chi connectivity index (χ3n) is 2.79. The van der Waals surface area contributed by atoms with E-state index in [0.29, 0.717) is 11.7 Å². The smallest absolute Gasteiger partial charge is 0.233 e. The molecule has 2 rings (SSSR count). The van der Waals surface area contributed by atoms with E-state index in [4.69, 9.17) is 0 Å². The Morgan fingerprint density at radius 1 is 1.45 bits per heavy atom. The third kappa shape index (κ3) is 3.16. The van der Waals surface area contributed by atoms with Crippen LogP contribution in [-0.2, 0) is 4.79 Å². The van der Waals surface area contributed by atoms with Gasteiger partial charge in [0.1, 0.15) is 0 Å². The van der Waals surface area contributed by atoms with E-state index >= 15 is 0 Å². The van der Waals surface area contributed by atoms with Crippen LogP contribution in [0.1, 0.15) is 19.4 Å². The number of nitrogens with zero attached hydrogens (tertiary/aromatic N) is 4. The van der Waals surface area contributed by atoms with Crippen LogP contribution in [-0.4, -0.2) is 37.9 Å². The van der Waals surface area contributed by atoms with Crippen molar-refractivity contribution in [1.29, 1.82) is 0 Å². The molecule has 6 nitrogen and oxygen atoms in total. The number of benzene rings is 1. The number of rotatable bonds is 5. The van der Waals surface area contributed by atoms with Gasteiger partial charge in [0.25, 0.3) is 0 Å². The van der Waals surface area contributed by atoms with Crippen molar-refractivity contribution in [1.82, 2.24) is 25.5 Å². The number of carbonyl (C=O) groups excluding carboxylic acids is 1. The minimum Gasteiger partial charge on any atom is -0.355 e. The van der Waals surface area contributed by atoms with Crippen molar-refractivity contribution in [3.8, 4) is 5.69 Å². The highest BCUT2D eigenvalue weighted by Gasteiger charge is 2.19. The fourth-order valence-corrected chi connectivity index (χ4v) is 2.56. The van der Waals surface area contributed by atoms with E-state index in [2.05, 4.69) is 20.8 Å². The van der Waals surface area contributed by atoms with Crippen molar-refractivity contribution in [2.45, 2.75) is 31.2 Å². The summed E-state index contributed by atoms with van der Waals surface area (Å²) in [6.45, 7) is 6.35. The van der Waals surface area contributed by atoms with E-state index in [1.54, 1.807) is 4.68 Å². The molecule has 0 spiro atoms. The molecule has 0 unspecified atom stereocenters. The van der Waals surface area contributed by atoms with Gasteiger partial charge in [-0.15, -0.1) is 5.10 Å². The van der Waals surface area contributed by atoms with Crippen LogP contribution in [0.15, 0.2) is 29.4 Å². The molecule has 0 aliphatic carbocycles. The summed E-state index contributed by atoms with van der Waals surface area (Å²) in [5.74, 6) is -0.0168. The highest BCUT2D eigenvalue weighted by molar-refractivity contribution is 8.00. The molecule has 20 heavy (non-hydrogen) atoms. The number of hydrogen-bond acceptors (Lipinski definition) is 5. The first-order valence-electron chi connectivity index (χ1n) is 6.42. The van der Waals surface area contributed by atoms with Crippen molar-refractivity contribution in [2.75, 3.05) is 6.54 Å². The molecule has 0 aliphatic heterocycles. The van der Waals surface area contributed by atoms with Gasteiger partial charge in [0.05, 0.1) is 10.9 Å². The van der Waals surface area contributed by atoms with Crippen molar-refractivity contribution < 1.29 is 4.79 Å². The SMILES string of the molecule is CCNC(=O)[C@H](C)Sc1nnnn1-c1ccccc1C. The molecule has 0 aliphatic rings. The summed E-state index contributed by atoms with van der Waals surface area (Å²) in [5, 5.41) is 14.9. The summed E-state index contributed by atoms with van der Waals surface area (Å²) < 4.78 is 1.66. The van der Waals surface area contributed by atoms with Gasteiger partial charge in [0.2, 0.25) is 11.1 Å². The molecule has 0 bridgehead atoms. The highest BCUT2D eigenvalue weighted by atomic mass is 32.2. The molecule has 1 atom stereocenters. The average molecular weight is 291 g/mol. The van der Waals surface area contributed by atoms with Crippen LogP contribution in [0.2, 0.25) is 0 Å². The van der Waals surface area contributed by atoms with E-state index < -0.39 is 0 Å². The number of tetrazole rings is 1. The number of nitrogens with one attached hydrogen (secondary N) is 1. The third-order valence-corrected chi connectivity index (χ3v) is 3.82. The Morgan fingerprint density at radius 2 is 2.20 bits per heavy atom. The maximum atomic E-state index is 11.8. The number of hydrogen-bond donors (Lipinski definition) is 1. The van der Waals surface area contributed by atoms with Gasteiger partial charge in [-0.05, 0) is 42.8 Å². The molecule has 0 saturated heterocycles. The Labute approximate surface area is 121 Å². The van der Waals surface area contributed by atoms with E-state index in [0.717, 1.165) is 11.3 Å². The quantitative estimate of drug-likeness (QED) is 0.847. The lowest BCUT2D eigenvalue weighted by atomic mass is 10.2. The zero-order chi connectivity index (χ0) is 14.5. The van der Waals surface area contributed by atoms with Crippen molar-refractivity contribution in [3.63, 3.8) is 0 Å². The summed E-state index contributed by atoms with van der Waals surface area (Å²) in [6.07, 6.45) is 0. The molecule has 1 amide bonds. The Balaban J connectivity index is 2.22. The summed E-state index contributed by atoms with van der Waals surface area (Å²) in [5.41, 5.74) is 2.00. The highest BCUT2D eigenvalue weighted by Crippen LogP contribution is 2.24. The van der Waals surface area contributed by atoms with Gasteiger partial charge in [-0.2, -0.15) is 4.68 Å². The van der Waals surface area contributed by atoms with Crippen molar-refractivity contribution in [3.05, 3.63) is 29.8 Å². The Hall–Kier alpha value is -1.89. The molecule has 1 aromatic heterocycles. The molecule has 0 saturated carbocycles. The second-order valence-corrected chi connectivity index (χ2v) is 5.62. The topological polar surface area (TPSA) is 72.7 Å². The van der Waals surface area contributed by atoms with E-state index in [1.807, 2.05) is 45.0 Å². The number of amides is 1. The minimum absolute atomic E-state index is 0.0168. The largest absolute Gasteiger partial charge is 0.355 e. The number of aryl methyl sites for hydroxylation is 1. The lowest BCUT2D eigenvalue weighted by Gasteiger charge is -2.11. The van der Waals surface area contributed by atoms with Gasteiger partial charge in [-0.1, -0.05) is 30.0 Å². The molecule has 7 heteroatoms. The first-order chi connectivity index (χ1) is 9.63. The first-order valence-corrected chi connectivity index (χ1v) is 7.30. The Bertz CT molecular complexity index is 598. The van der Waals surface area contributed by atoms with Gasteiger partial charge < -0.3 is 5.32 Å². The lowest BCUT2D eigenvalue weighted by molar-refractivity contribution is -0.120. The molecular formula is C13H17N5OS. The summed E-state index contributed by atoms with van der Waals surface area (Å²) in [6, 6.07) is 7.85. The minimum atomic E-state index is -0.247. The summed E-state index contributed by atoms with van der Waals surface area (Å²) >= 11 is 1.34. The fourth-order valence-electron chi connectivity index (χ4n) is 1.73. The molecular weight excluding hydrogens is 274 g/mol. The molecule has 1 heterocycles. The molecule has 2 aromatic rings. The fraction of sp³-hybridized carbons (Fsp3) is 0.385. The van der Waals surface area contributed by atoms with Crippen LogP contribution >= 0.6 is 11.8 Å². The predicted octanol–water partition coefficient (Wildman–Crippen LogP) is 1.59. The van der Waals surface area contributed by atoms with Gasteiger partial charge >= 0.3 is 0 Å². The molecule has 1 aromatic carbocycles. The normalized spacial score (nSPS) is 12.2. The molecule has 0 fully saturated rings. The zero-order valence-electron chi connectivity index (χ0n) is 11.7. The van der Waals surface area contributed by atoms with Crippen molar-refractivity contribution in [2.24, 2.45) is 0 Å². The van der Waals surface area contributed by atoms with Crippen LogP contribution in [0.5, 0.6) is 0 Å². The monoisotopic (exact) mass is 291 g/mol. The number of thioether (sulfide) groups is 1. The summed E-state index contributed by atoms with van der Waals surface area (Å²) in [7, 11) is 0. The van der Waals surface area contributed by atoms with Crippen LogP contribution < -0.4 is 5.32 Å². The maximum absolute atomic E-state index is 11.8. The number of para-hydroxylation sites is 1. The Morgan fingerprint density at radius 3 is 2.90 bits per heavy atom. The van der Waals surface area contributed by atoms with Crippen LogP contribution in [0, 0.1) is 6.92 Å². The first kappa shape index (κ1) is 14.5. The molecule has 0 radical (unpaired) electrons. The van der Waals surface area contributed by atoms with Gasteiger partial charge in [0, 0.05) is 6.54 Å². The van der Waals surface area contributed by atoms with Crippen LogP contribution in [0.25, 0.3) is 5.69 Å². The van der Waals surface area contributed by atoms with E-state index in [-0.39, 0.29) is 11.2 Å². The molecule has 1 N–H and O–H groups in total. The Kier molecular flexibility index (Phi) is 4.73. The van der Waals surface area contributed by atoms with Gasteiger partial charge in [-0.25, -0.2) is 0 Å². The summed E-state index contributed by atoms with van der Waals surface area (Å²) in [4.78, 5) is 11.8. The second-order valence-electron chi connectivity index (χ2n) is 4.31. The van der Waals surface area contributed by atoms with E-state index in [1.165, 1.54) is 11.8 Å². The zero-order valence-corrected chi connectivity index (χ0v) is 12.5. The average Bonchev–Trinajstić information content (AvgIpc) is 2.87. The van der Waals surface area contributed by atoms with Gasteiger partial charge in [-0.3, -0.25) is 4.79 Å². The maximum Gasteiger partial charge on any atom is 0.233 e. The van der Waals surface area contributed by atoms with Gasteiger partial charge in [0.15, 0.2) is 0 Å². The van der Waals surface area contributed by atoms with E-state index in [9.17, 15) is 4.79 Å². The predicted molar refractivity (Wildman–Crippen MR) is 77.9 cm³/mol. The lowest BCUT2D eigenvalue weighted by Crippen LogP contribution is -2.30. The standard InChI is InChI=1S/C13H17N5OS/c1-4-14-12(19)10(3)20-13-15-16-17-18(13)11-8-6-5-7-9(11)2/h5-8,10H,4H2,1-3H3,(H,14,19)/t10-/m0/s1. The number of carbonyl (C=O) groups is 1.